The van der Waals surface area contributed by atoms with Gasteiger partial charge in [0.15, 0.2) is 0 Å². The van der Waals surface area contributed by atoms with Crippen LogP contribution >= 0.6 is 0 Å². The molecule has 4 nitrogen and oxygen atoms in total. The molecule has 0 heterocycles. The first-order valence-electron chi connectivity index (χ1n) is 6.05. The quantitative estimate of drug-likeness (QED) is 0.645. The summed E-state index contributed by atoms with van der Waals surface area (Å²) >= 11 is 0. The Morgan fingerprint density at radius 3 is 2.00 bits per heavy atom. The summed E-state index contributed by atoms with van der Waals surface area (Å²) in [6.45, 7) is 5.98. The molecule has 3 atom stereocenters. The van der Waals surface area contributed by atoms with Crippen LogP contribution in [0, 0.1) is 17.8 Å². The van der Waals surface area contributed by atoms with E-state index in [0.717, 1.165) is 12.8 Å². The maximum atomic E-state index is 11.3. The second-order valence-corrected chi connectivity index (χ2v) is 4.89. The number of carbonyl (C=O) groups excluding carboxylic acids is 2. The molecule has 3 unspecified atom stereocenters. The highest BCUT2D eigenvalue weighted by Crippen LogP contribution is 2.22. The van der Waals surface area contributed by atoms with Gasteiger partial charge >= 0.3 is 11.9 Å². The first-order valence-corrected chi connectivity index (χ1v) is 6.05. The molecule has 0 aliphatic rings. The van der Waals surface area contributed by atoms with Crippen LogP contribution in [0.2, 0.25) is 0 Å². The number of ether oxygens (including phenoxy) is 2. The summed E-state index contributed by atoms with van der Waals surface area (Å²) in [5, 5.41) is 0. The number of hydrogen-bond acceptors (Lipinski definition) is 4. The Kier molecular flexibility index (Phi) is 7.59. The molecule has 0 aromatic rings. The molecule has 0 saturated heterocycles. The molecule has 0 saturated carbocycles. The molecule has 0 fully saturated rings. The highest BCUT2D eigenvalue weighted by Gasteiger charge is 2.19. The van der Waals surface area contributed by atoms with E-state index in [1.807, 2.05) is 13.8 Å². The minimum atomic E-state index is -0.175. The Balaban J connectivity index is 3.96. The van der Waals surface area contributed by atoms with Crippen molar-refractivity contribution in [2.24, 2.45) is 17.8 Å². The molecule has 0 bridgehead atoms. The van der Waals surface area contributed by atoms with E-state index in [0.29, 0.717) is 12.3 Å². The minimum absolute atomic E-state index is 0.0830. The second kappa shape index (κ2) is 8.09. The molecule has 0 aromatic heterocycles. The summed E-state index contributed by atoms with van der Waals surface area (Å²) in [4.78, 5) is 22.3. The largest absolute Gasteiger partial charge is 0.469 e. The molecule has 0 aromatic carbocycles. The Bertz CT molecular complexity index is 250. The zero-order chi connectivity index (χ0) is 13.4. The summed E-state index contributed by atoms with van der Waals surface area (Å²) in [5.41, 5.74) is 0. The summed E-state index contributed by atoms with van der Waals surface area (Å²) in [7, 11) is 2.81. The lowest BCUT2D eigenvalue weighted by molar-refractivity contribution is -0.145. The molecular formula is C13H24O4. The van der Waals surface area contributed by atoms with Crippen LogP contribution in [0.4, 0.5) is 0 Å². The third kappa shape index (κ3) is 6.97. The average molecular weight is 244 g/mol. The van der Waals surface area contributed by atoms with Crippen LogP contribution in [0.3, 0.4) is 0 Å². The number of methoxy groups -OCH3 is 2. The van der Waals surface area contributed by atoms with Gasteiger partial charge in [-0.25, -0.2) is 0 Å². The SMILES string of the molecule is COC(=O)CC(C)CC(C)CC(C)C(=O)OC. The highest BCUT2D eigenvalue weighted by atomic mass is 16.5. The molecule has 0 rings (SSSR count). The van der Waals surface area contributed by atoms with Crippen LogP contribution in [-0.2, 0) is 19.1 Å². The molecule has 0 radical (unpaired) electrons. The smallest absolute Gasteiger partial charge is 0.308 e. The van der Waals surface area contributed by atoms with E-state index in [9.17, 15) is 9.59 Å². The van der Waals surface area contributed by atoms with Gasteiger partial charge in [-0.2, -0.15) is 0 Å². The van der Waals surface area contributed by atoms with Crippen molar-refractivity contribution in [3.63, 3.8) is 0 Å². The Morgan fingerprint density at radius 2 is 1.53 bits per heavy atom. The average Bonchev–Trinajstić information content (AvgIpc) is 2.26. The van der Waals surface area contributed by atoms with Gasteiger partial charge in [0.05, 0.1) is 20.1 Å². The van der Waals surface area contributed by atoms with Gasteiger partial charge in [0, 0.05) is 6.42 Å². The van der Waals surface area contributed by atoms with Gasteiger partial charge < -0.3 is 9.47 Å². The highest BCUT2D eigenvalue weighted by molar-refractivity contribution is 5.71. The molecular weight excluding hydrogens is 220 g/mol. The van der Waals surface area contributed by atoms with Gasteiger partial charge in [-0.15, -0.1) is 0 Å². The number of carbonyl (C=O) groups is 2. The Labute approximate surface area is 104 Å². The van der Waals surface area contributed by atoms with Crippen LogP contribution in [0.25, 0.3) is 0 Å². The summed E-state index contributed by atoms with van der Waals surface area (Å²) in [5.74, 6) is 0.245. The molecule has 17 heavy (non-hydrogen) atoms. The fourth-order valence-corrected chi connectivity index (χ4v) is 2.14. The molecule has 4 heteroatoms. The standard InChI is InChI=1S/C13H24O4/c1-9(7-11(3)13(15)17-5)6-10(2)8-12(14)16-4/h9-11H,6-8H2,1-5H3. The maximum absolute atomic E-state index is 11.3. The number of esters is 2. The lowest BCUT2D eigenvalue weighted by Crippen LogP contribution is -2.17. The molecule has 0 spiro atoms. The third-order valence-corrected chi connectivity index (χ3v) is 2.91. The van der Waals surface area contributed by atoms with Gasteiger partial charge in [-0.3, -0.25) is 9.59 Å². The minimum Gasteiger partial charge on any atom is -0.469 e. The van der Waals surface area contributed by atoms with Crippen LogP contribution in [-0.4, -0.2) is 26.2 Å². The van der Waals surface area contributed by atoms with Crippen molar-refractivity contribution < 1.29 is 19.1 Å². The zero-order valence-electron chi connectivity index (χ0n) is 11.5. The van der Waals surface area contributed by atoms with Crippen LogP contribution in [0.1, 0.15) is 40.0 Å². The van der Waals surface area contributed by atoms with E-state index >= 15 is 0 Å². The van der Waals surface area contributed by atoms with Gasteiger partial charge in [0.25, 0.3) is 0 Å². The predicted octanol–water partition coefficient (Wildman–Crippen LogP) is 2.41. The topological polar surface area (TPSA) is 52.6 Å². The van der Waals surface area contributed by atoms with E-state index < -0.39 is 0 Å². The Hall–Kier alpha value is -1.06. The fourth-order valence-electron chi connectivity index (χ4n) is 2.14. The second-order valence-electron chi connectivity index (χ2n) is 4.89. The van der Waals surface area contributed by atoms with Crippen molar-refractivity contribution in [1.82, 2.24) is 0 Å². The van der Waals surface area contributed by atoms with Crippen molar-refractivity contribution in [2.75, 3.05) is 14.2 Å². The van der Waals surface area contributed by atoms with E-state index in [-0.39, 0.29) is 23.8 Å². The lowest BCUT2D eigenvalue weighted by atomic mass is 9.88. The van der Waals surface area contributed by atoms with Gasteiger partial charge in [-0.05, 0) is 24.7 Å². The summed E-state index contributed by atoms with van der Waals surface area (Å²) in [6, 6.07) is 0. The molecule has 0 aliphatic heterocycles. The van der Waals surface area contributed by atoms with Gasteiger partial charge in [-0.1, -0.05) is 20.8 Å². The predicted molar refractivity (Wildman–Crippen MR) is 65.4 cm³/mol. The first-order chi connectivity index (χ1) is 7.90. The van der Waals surface area contributed by atoms with Crippen molar-refractivity contribution in [1.29, 1.82) is 0 Å². The van der Waals surface area contributed by atoms with Crippen LogP contribution < -0.4 is 0 Å². The van der Waals surface area contributed by atoms with E-state index in [2.05, 4.69) is 16.4 Å². The molecule has 0 amide bonds. The fraction of sp³-hybridized carbons (Fsp3) is 0.846. The van der Waals surface area contributed by atoms with Crippen molar-refractivity contribution in [3.05, 3.63) is 0 Å². The Morgan fingerprint density at radius 1 is 0.941 bits per heavy atom. The van der Waals surface area contributed by atoms with E-state index in [1.54, 1.807) is 0 Å². The van der Waals surface area contributed by atoms with Crippen LogP contribution in [0.5, 0.6) is 0 Å². The monoisotopic (exact) mass is 244 g/mol. The lowest BCUT2D eigenvalue weighted by Gasteiger charge is -2.18. The normalized spacial score (nSPS) is 15.8. The van der Waals surface area contributed by atoms with E-state index in [1.165, 1.54) is 14.2 Å². The first kappa shape index (κ1) is 15.9. The molecule has 0 aliphatic carbocycles. The van der Waals surface area contributed by atoms with Gasteiger partial charge in [0.1, 0.15) is 0 Å². The molecule has 100 valence electrons. The number of rotatable bonds is 7. The van der Waals surface area contributed by atoms with Crippen molar-refractivity contribution in [2.45, 2.75) is 40.0 Å². The van der Waals surface area contributed by atoms with Crippen molar-refractivity contribution >= 4 is 11.9 Å². The summed E-state index contributed by atoms with van der Waals surface area (Å²) in [6.07, 6.45) is 2.14. The third-order valence-electron chi connectivity index (χ3n) is 2.91. The van der Waals surface area contributed by atoms with E-state index in [4.69, 9.17) is 0 Å². The van der Waals surface area contributed by atoms with Crippen LogP contribution in [0.15, 0.2) is 0 Å². The maximum Gasteiger partial charge on any atom is 0.308 e. The zero-order valence-corrected chi connectivity index (χ0v) is 11.5. The van der Waals surface area contributed by atoms with Crippen molar-refractivity contribution in [3.8, 4) is 0 Å². The molecule has 0 N–H and O–H groups in total. The number of hydrogen-bond donors (Lipinski definition) is 0. The van der Waals surface area contributed by atoms with Gasteiger partial charge in [0.2, 0.25) is 0 Å². The summed E-state index contributed by atoms with van der Waals surface area (Å²) < 4.78 is 9.31.